The van der Waals surface area contributed by atoms with Crippen molar-refractivity contribution in [2.45, 2.75) is 51.6 Å². The fourth-order valence-corrected chi connectivity index (χ4v) is 5.65. The van der Waals surface area contributed by atoms with Crippen LogP contribution in [0.25, 0.3) is 0 Å². The lowest BCUT2D eigenvalue weighted by atomic mass is 9.88. The van der Waals surface area contributed by atoms with Gasteiger partial charge in [-0.25, -0.2) is 0 Å². The molecule has 2 heterocycles. The molecule has 40 heavy (non-hydrogen) atoms. The maximum atomic E-state index is 13.9. The lowest BCUT2D eigenvalue weighted by Crippen LogP contribution is -2.48. The highest BCUT2D eigenvalue weighted by Crippen LogP contribution is 2.38. The van der Waals surface area contributed by atoms with Gasteiger partial charge >= 0.3 is 0 Å². The van der Waals surface area contributed by atoms with Gasteiger partial charge in [0.05, 0.1) is 37.8 Å². The Kier molecular flexibility index (Phi) is 9.11. The summed E-state index contributed by atoms with van der Waals surface area (Å²) in [7, 11) is 3.28. The Morgan fingerprint density at radius 2 is 1.93 bits per heavy atom. The number of methoxy groups -OCH3 is 2. The molecule has 1 saturated carbocycles. The summed E-state index contributed by atoms with van der Waals surface area (Å²) in [5.41, 5.74) is 3.72. The van der Waals surface area contributed by atoms with Gasteiger partial charge in [0.2, 0.25) is 11.8 Å². The fraction of sp³-hybridized carbons (Fsp3) is 0.548. The standard InChI is InChI=1S/C31H41N3O6/c1-20-6-4-7-26(38-3)29(20)33-30(35)22-16-23(18-32-17-22)31(36)34(24-8-9-24)19-21-14-27(39-12-5-11-37-2)25-10-13-40-28(25)15-21/h4,6-7,14-15,22-24,32H,5,8-13,16-19H2,1-3H3,(H,33,35)/t22-,23+/m0/s1. The zero-order valence-corrected chi connectivity index (χ0v) is 23.8. The second-order valence-corrected chi connectivity index (χ2v) is 11.0. The maximum absolute atomic E-state index is 13.9. The SMILES string of the molecule is COCCCOc1cc(CN(C(=O)[C@H]2CNC[C@@H](C(=O)Nc3c(C)cccc3OC)C2)C2CC2)cc2c1CCO2. The van der Waals surface area contributed by atoms with Crippen molar-refractivity contribution in [2.24, 2.45) is 11.8 Å². The predicted molar refractivity (Wildman–Crippen MR) is 152 cm³/mol. The second-order valence-electron chi connectivity index (χ2n) is 11.0. The highest BCUT2D eigenvalue weighted by atomic mass is 16.5. The van der Waals surface area contributed by atoms with Gasteiger partial charge in [-0.2, -0.15) is 0 Å². The quantitative estimate of drug-likeness (QED) is 0.388. The number of anilines is 1. The molecular formula is C31H41N3O6. The molecule has 9 heteroatoms. The molecule has 2 atom stereocenters. The van der Waals surface area contributed by atoms with E-state index in [1.54, 1.807) is 14.2 Å². The van der Waals surface area contributed by atoms with Gasteiger partial charge < -0.3 is 34.5 Å². The van der Waals surface area contributed by atoms with E-state index >= 15 is 0 Å². The molecule has 2 aliphatic heterocycles. The van der Waals surface area contributed by atoms with Crippen molar-refractivity contribution in [1.29, 1.82) is 0 Å². The van der Waals surface area contributed by atoms with Crippen molar-refractivity contribution >= 4 is 17.5 Å². The first-order valence-corrected chi connectivity index (χ1v) is 14.3. The summed E-state index contributed by atoms with van der Waals surface area (Å²) in [6.45, 7) is 5.42. The first-order valence-electron chi connectivity index (χ1n) is 14.3. The molecule has 2 N–H and O–H groups in total. The van der Waals surface area contributed by atoms with Crippen molar-refractivity contribution in [2.75, 3.05) is 52.4 Å². The fourth-order valence-electron chi connectivity index (χ4n) is 5.65. The first-order chi connectivity index (χ1) is 19.5. The Balaban J connectivity index is 1.26. The lowest BCUT2D eigenvalue weighted by molar-refractivity contribution is -0.138. The number of ether oxygens (including phenoxy) is 4. The number of rotatable bonds is 12. The van der Waals surface area contributed by atoms with Crippen LogP contribution in [-0.2, 0) is 27.3 Å². The summed E-state index contributed by atoms with van der Waals surface area (Å²) in [4.78, 5) is 29.2. The van der Waals surface area contributed by atoms with Crippen LogP contribution in [0.4, 0.5) is 5.69 Å². The number of fused-ring (bicyclic) bond motifs is 1. The topological polar surface area (TPSA) is 98.4 Å². The Labute approximate surface area is 236 Å². The van der Waals surface area contributed by atoms with Crippen LogP contribution >= 0.6 is 0 Å². The molecule has 2 fully saturated rings. The van der Waals surface area contributed by atoms with Crippen LogP contribution in [0.15, 0.2) is 30.3 Å². The molecule has 3 aliphatic rings. The number of amides is 2. The molecule has 1 saturated heterocycles. The van der Waals surface area contributed by atoms with Gasteiger partial charge in [-0.3, -0.25) is 9.59 Å². The highest BCUT2D eigenvalue weighted by Gasteiger charge is 2.39. The normalized spacial score (nSPS) is 19.9. The summed E-state index contributed by atoms with van der Waals surface area (Å²) < 4.78 is 22.6. The third kappa shape index (κ3) is 6.53. The van der Waals surface area contributed by atoms with Gasteiger partial charge in [0.15, 0.2) is 0 Å². The van der Waals surface area contributed by atoms with Gasteiger partial charge in [0.25, 0.3) is 0 Å². The van der Waals surface area contributed by atoms with Crippen molar-refractivity contribution in [1.82, 2.24) is 10.2 Å². The number of nitrogens with one attached hydrogen (secondary N) is 2. The molecule has 216 valence electrons. The van der Waals surface area contributed by atoms with Gasteiger partial charge in [-0.05, 0) is 55.5 Å². The summed E-state index contributed by atoms with van der Waals surface area (Å²) in [5.74, 6) is 1.75. The number of benzene rings is 2. The zero-order chi connectivity index (χ0) is 28.1. The minimum atomic E-state index is -0.312. The van der Waals surface area contributed by atoms with Crippen molar-refractivity contribution in [3.05, 3.63) is 47.0 Å². The number of piperidine rings is 1. The van der Waals surface area contributed by atoms with E-state index in [2.05, 4.69) is 22.8 Å². The van der Waals surface area contributed by atoms with Gasteiger partial charge in [-0.1, -0.05) is 12.1 Å². The average Bonchev–Trinajstić information content (AvgIpc) is 3.70. The molecule has 0 bridgehead atoms. The van der Waals surface area contributed by atoms with Gasteiger partial charge in [-0.15, -0.1) is 0 Å². The number of carbonyl (C=O) groups is 2. The average molecular weight is 552 g/mol. The number of aryl methyl sites for hydroxylation is 1. The number of nitrogens with zero attached hydrogens (tertiary/aromatic N) is 1. The molecule has 0 unspecified atom stereocenters. The molecule has 2 aromatic carbocycles. The van der Waals surface area contributed by atoms with Crippen LogP contribution in [0, 0.1) is 18.8 Å². The minimum absolute atomic E-state index is 0.0957. The summed E-state index contributed by atoms with van der Waals surface area (Å²) in [6.07, 6.45) is 4.15. The molecule has 1 aliphatic carbocycles. The molecule has 2 amide bonds. The Morgan fingerprint density at radius 1 is 1.10 bits per heavy atom. The van der Waals surface area contributed by atoms with Crippen molar-refractivity contribution in [3.63, 3.8) is 0 Å². The molecule has 0 aromatic heterocycles. The number of hydrogen-bond donors (Lipinski definition) is 2. The van der Waals surface area contributed by atoms with E-state index in [0.29, 0.717) is 57.3 Å². The van der Waals surface area contributed by atoms with Crippen LogP contribution in [0.3, 0.4) is 0 Å². The van der Waals surface area contributed by atoms with Crippen LogP contribution in [-0.4, -0.2) is 69.9 Å². The number of para-hydroxylation sites is 1. The van der Waals surface area contributed by atoms with E-state index in [-0.39, 0.29) is 29.7 Å². The van der Waals surface area contributed by atoms with Gasteiger partial charge in [0, 0.05) is 57.8 Å². The molecule has 9 nitrogen and oxygen atoms in total. The van der Waals surface area contributed by atoms with Crippen LogP contribution < -0.4 is 24.8 Å². The Hall–Kier alpha value is -3.30. The molecule has 0 spiro atoms. The third-order valence-corrected chi connectivity index (χ3v) is 7.98. The van der Waals surface area contributed by atoms with Gasteiger partial charge in [0.1, 0.15) is 17.2 Å². The lowest BCUT2D eigenvalue weighted by Gasteiger charge is -2.33. The maximum Gasteiger partial charge on any atom is 0.228 e. The van der Waals surface area contributed by atoms with E-state index in [0.717, 1.165) is 53.9 Å². The first kappa shape index (κ1) is 28.2. The van der Waals surface area contributed by atoms with Crippen LogP contribution in [0.5, 0.6) is 17.2 Å². The largest absolute Gasteiger partial charge is 0.495 e. The Bertz CT molecular complexity index is 1210. The Morgan fingerprint density at radius 3 is 2.70 bits per heavy atom. The molecule has 2 aromatic rings. The summed E-state index contributed by atoms with van der Waals surface area (Å²) in [6, 6.07) is 10.0. The van der Waals surface area contributed by atoms with Crippen LogP contribution in [0.2, 0.25) is 0 Å². The van der Waals surface area contributed by atoms with E-state index in [9.17, 15) is 9.59 Å². The molecular weight excluding hydrogens is 510 g/mol. The number of carbonyl (C=O) groups excluding carboxylic acids is 2. The van der Waals surface area contributed by atoms with Crippen molar-refractivity contribution < 1.29 is 28.5 Å². The third-order valence-electron chi connectivity index (χ3n) is 7.98. The molecule has 0 radical (unpaired) electrons. The van der Waals surface area contributed by atoms with E-state index in [1.807, 2.05) is 30.0 Å². The monoisotopic (exact) mass is 551 g/mol. The van der Waals surface area contributed by atoms with Crippen LogP contribution in [0.1, 0.15) is 42.4 Å². The smallest absolute Gasteiger partial charge is 0.228 e. The zero-order valence-electron chi connectivity index (χ0n) is 23.8. The van der Waals surface area contributed by atoms with E-state index < -0.39 is 0 Å². The summed E-state index contributed by atoms with van der Waals surface area (Å²) >= 11 is 0. The second kappa shape index (κ2) is 12.9. The summed E-state index contributed by atoms with van der Waals surface area (Å²) in [5, 5.41) is 6.39. The van der Waals surface area contributed by atoms with E-state index in [4.69, 9.17) is 18.9 Å². The predicted octanol–water partition coefficient (Wildman–Crippen LogP) is 3.71. The van der Waals surface area contributed by atoms with Crippen molar-refractivity contribution in [3.8, 4) is 17.2 Å². The highest BCUT2D eigenvalue weighted by molar-refractivity contribution is 5.95. The molecule has 5 rings (SSSR count). The number of hydrogen-bond acceptors (Lipinski definition) is 7. The minimum Gasteiger partial charge on any atom is -0.495 e. The van der Waals surface area contributed by atoms with E-state index in [1.165, 1.54) is 0 Å².